The lowest BCUT2D eigenvalue weighted by Crippen LogP contribution is -2.26. The second-order valence-electron chi connectivity index (χ2n) is 12.2. The first-order valence-electron chi connectivity index (χ1n) is 17.0. The van der Waals surface area contributed by atoms with Crippen molar-refractivity contribution in [3.8, 4) is 33.6 Å². The van der Waals surface area contributed by atoms with Crippen molar-refractivity contribution in [3.05, 3.63) is 175 Å². The standard InChI is InChI=1S/C45H43N3/c1-5-16-35(17-6-2)42-46-43(36-20-13-10-14-21-36)48-44(47-42)37-26-30-41(31-27-37)45(7-3,8-4)40-28-24-34(25-29-40)39-23-15-22-38(32-39)33-18-11-9-12-19-33/h5-6,9,11-13,15-32H,1,7-8,10,14H2,2-4H3/b17-6-,35-16+. The SMILES string of the molecule is C=C/C=C(\C=C/C)c1nc(C2=CCCC=C2)nc(-c2ccc(C(CC)(CC)c3ccc(-c4cccc(-c5ccccc5)c4)cc3)cc2)n1. The average molecular weight is 626 g/mol. The zero-order chi connectivity index (χ0) is 33.3. The minimum Gasteiger partial charge on any atom is -0.208 e. The normalized spacial score (nSPS) is 13.5. The third-order valence-corrected chi connectivity index (χ3v) is 9.43. The first-order chi connectivity index (χ1) is 23.6. The van der Waals surface area contributed by atoms with Crippen LogP contribution in [0, 0.1) is 0 Å². The number of benzene rings is 4. The average Bonchev–Trinajstić information content (AvgIpc) is 3.16. The van der Waals surface area contributed by atoms with Crippen LogP contribution in [0.2, 0.25) is 0 Å². The molecule has 238 valence electrons. The molecule has 4 aromatic carbocycles. The number of hydrogen-bond acceptors (Lipinski definition) is 3. The fourth-order valence-electron chi connectivity index (χ4n) is 6.72. The van der Waals surface area contributed by atoms with Crippen LogP contribution in [0.5, 0.6) is 0 Å². The second kappa shape index (κ2) is 15.0. The van der Waals surface area contributed by atoms with Gasteiger partial charge in [0.25, 0.3) is 0 Å². The van der Waals surface area contributed by atoms with Gasteiger partial charge in [-0.2, -0.15) is 0 Å². The molecule has 0 spiro atoms. The van der Waals surface area contributed by atoms with Gasteiger partial charge < -0.3 is 0 Å². The summed E-state index contributed by atoms with van der Waals surface area (Å²) in [5.74, 6) is 2.00. The molecule has 0 bridgehead atoms. The highest BCUT2D eigenvalue weighted by Crippen LogP contribution is 2.40. The number of hydrogen-bond donors (Lipinski definition) is 0. The first kappa shape index (κ1) is 32.5. The zero-order valence-electron chi connectivity index (χ0n) is 28.2. The Labute approximate surface area is 285 Å². The molecule has 3 heteroatoms. The Balaban J connectivity index is 1.33. The largest absolute Gasteiger partial charge is 0.208 e. The summed E-state index contributed by atoms with van der Waals surface area (Å²) in [5, 5.41) is 0. The summed E-state index contributed by atoms with van der Waals surface area (Å²) in [4.78, 5) is 14.8. The molecular weight excluding hydrogens is 583 g/mol. The number of aromatic nitrogens is 3. The van der Waals surface area contributed by atoms with E-state index in [1.165, 1.54) is 33.4 Å². The molecule has 1 aliphatic rings. The van der Waals surface area contributed by atoms with Gasteiger partial charge >= 0.3 is 0 Å². The molecule has 0 saturated carbocycles. The summed E-state index contributed by atoms with van der Waals surface area (Å²) in [6.45, 7) is 10.5. The smallest absolute Gasteiger partial charge is 0.164 e. The third-order valence-electron chi connectivity index (χ3n) is 9.43. The van der Waals surface area contributed by atoms with E-state index in [9.17, 15) is 0 Å². The quantitative estimate of drug-likeness (QED) is 0.137. The van der Waals surface area contributed by atoms with Crippen molar-refractivity contribution in [2.45, 2.75) is 51.9 Å². The van der Waals surface area contributed by atoms with Gasteiger partial charge in [-0.05, 0) is 72.1 Å². The molecule has 1 aliphatic carbocycles. The van der Waals surface area contributed by atoms with Crippen LogP contribution in [0.15, 0.2) is 152 Å². The Bertz CT molecular complexity index is 1990. The number of allylic oxidation sites excluding steroid dienone is 9. The Morgan fingerprint density at radius 3 is 1.88 bits per heavy atom. The molecule has 48 heavy (non-hydrogen) atoms. The van der Waals surface area contributed by atoms with Crippen molar-refractivity contribution in [2.24, 2.45) is 0 Å². The Hall–Kier alpha value is -5.41. The molecule has 0 N–H and O–H groups in total. The van der Waals surface area contributed by atoms with E-state index in [4.69, 9.17) is 15.0 Å². The van der Waals surface area contributed by atoms with Crippen LogP contribution in [0.25, 0.3) is 44.8 Å². The minimum atomic E-state index is -0.109. The maximum Gasteiger partial charge on any atom is 0.164 e. The van der Waals surface area contributed by atoms with Gasteiger partial charge in [0, 0.05) is 22.1 Å². The Morgan fingerprint density at radius 2 is 1.29 bits per heavy atom. The van der Waals surface area contributed by atoms with E-state index in [-0.39, 0.29) is 5.41 Å². The maximum atomic E-state index is 4.97. The predicted octanol–water partition coefficient (Wildman–Crippen LogP) is 11.9. The molecule has 0 saturated heterocycles. The van der Waals surface area contributed by atoms with Gasteiger partial charge in [-0.15, -0.1) is 0 Å². The van der Waals surface area contributed by atoms with E-state index in [0.29, 0.717) is 17.5 Å². The van der Waals surface area contributed by atoms with Gasteiger partial charge in [0.1, 0.15) is 0 Å². The van der Waals surface area contributed by atoms with Crippen molar-refractivity contribution in [1.82, 2.24) is 15.0 Å². The van der Waals surface area contributed by atoms with Crippen molar-refractivity contribution < 1.29 is 0 Å². The molecule has 1 aromatic heterocycles. The molecule has 1 heterocycles. The highest BCUT2D eigenvalue weighted by atomic mass is 15.0. The van der Waals surface area contributed by atoms with Gasteiger partial charge in [-0.25, -0.2) is 15.0 Å². The van der Waals surface area contributed by atoms with Gasteiger partial charge in [0.15, 0.2) is 17.5 Å². The summed E-state index contributed by atoms with van der Waals surface area (Å²) in [7, 11) is 0. The molecule has 3 nitrogen and oxygen atoms in total. The van der Waals surface area contributed by atoms with E-state index < -0.39 is 0 Å². The maximum absolute atomic E-state index is 4.97. The lowest BCUT2D eigenvalue weighted by molar-refractivity contribution is 0.478. The van der Waals surface area contributed by atoms with Crippen LogP contribution in [-0.2, 0) is 5.41 Å². The van der Waals surface area contributed by atoms with Gasteiger partial charge in [0.2, 0.25) is 0 Å². The van der Waals surface area contributed by atoms with Crippen molar-refractivity contribution in [2.75, 3.05) is 0 Å². The summed E-state index contributed by atoms with van der Waals surface area (Å²) in [6.07, 6.45) is 18.2. The molecule has 0 amide bonds. The topological polar surface area (TPSA) is 38.7 Å². The van der Waals surface area contributed by atoms with E-state index in [1.54, 1.807) is 6.08 Å². The molecule has 0 atom stereocenters. The summed E-state index contributed by atoms with van der Waals surface area (Å²) in [6, 6.07) is 37.4. The Kier molecular flexibility index (Phi) is 10.2. The molecule has 6 rings (SSSR count). The molecule has 0 radical (unpaired) electrons. The van der Waals surface area contributed by atoms with Gasteiger partial charge in [-0.3, -0.25) is 0 Å². The van der Waals surface area contributed by atoms with E-state index in [1.807, 2.05) is 25.2 Å². The molecule has 0 unspecified atom stereocenters. The monoisotopic (exact) mass is 625 g/mol. The third kappa shape index (κ3) is 6.82. The van der Waals surface area contributed by atoms with Crippen molar-refractivity contribution in [3.63, 3.8) is 0 Å². The van der Waals surface area contributed by atoms with E-state index in [2.05, 4.69) is 142 Å². The van der Waals surface area contributed by atoms with Gasteiger partial charge in [-0.1, -0.05) is 160 Å². The van der Waals surface area contributed by atoms with Crippen LogP contribution in [-0.4, -0.2) is 15.0 Å². The lowest BCUT2D eigenvalue weighted by Gasteiger charge is -2.33. The van der Waals surface area contributed by atoms with E-state index in [0.717, 1.165) is 42.4 Å². The lowest BCUT2D eigenvalue weighted by atomic mass is 9.70. The highest BCUT2D eigenvalue weighted by Gasteiger charge is 2.30. The fourth-order valence-corrected chi connectivity index (χ4v) is 6.72. The van der Waals surface area contributed by atoms with E-state index >= 15 is 0 Å². The van der Waals surface area contributed by atoms with Crippen molar-refractivity contribution >= 4 is 11.1 Å². The summed E-state index contributed by atoms with van der Waals surface area (Å²) >= 11 is 0. The van der Waals surface area contributed by atoms with Crippen LogP contribution in [0.3, 0.4) is 0 Å². The van der Waals surface area contributed by atoms with Crippen LogP contribution < -0.4 is 0 Å². The van der Waals surface area contributed by atoms with Crippen LogP contribution in [0.1, 0.15) is 69.2 Å². The first-order valence-corrected chi connectivity index (χ1v) is 17.0. The van der Waals surface area contributed by atoms with Gasteiger partial charge in [0.05, 0.1) is 0 Å². The van der Waals surface area contributed by atoms with Crippen LogP contribution in [0.4, 0.5) is 0 Å². The summed E-state index contributed by atoms with van der Waals surface area (Å²) in [5.41, 5.74) is 10.3. The highest BCUT2D eigenvalue weighted by molar-refractivity contribution is 5.76. The predicted molar refractivity (Wildman–Crippen MR) is 203 cm³/mol. The summed E-state index contributed by atoms with van der Waals surface area (Å²) < 4.78 is 0. The second-order valence-corrected chi connectivity index (χ2v) is 12.2. The number of nitrogens with zero attached hydrogens (tertiary/aromatic N) is 3. The molecule has 0 aliphatic heterocycles. The molecule has 5 aromatic rings. The van der Waals surface area contributed by atoms with Crippen LogP contribution >= 0.6 is 0 Å². The number of rotatable bonds is 11. The zero-order valence-corrected chi connectivity index (χ0v) is 28.2. The van der Waals surface area contributed by atoms with Crippen molar-refractivity contribution in [1.29, 1.82) is 0 Å². The molecular formula is C45H43N3. The molecule has 0 fully saturated rings. The Morgan fingerprint density at radius 1 is 0.688 bits per heavy atom. The fraction of sp³-hybridized carbons (Fsp3) is 0.178. The minimum absolute atomic E-state index is 0.109.